The number of hydrogen-bond donors (Lipinski definition) is 2. The Morgan fingerprint density at radius 3 is 2.44 bits per heavy atom. The summed E-state index contributed by atoms with van der Waals surface area (Å²) < 4.78 is 0.391. The molecule has 4 nitrogen and oxygen atoms in total. The fourth-order valence-electron chi connectivity index (χ4n) is 1.68. The third-order valence-corrected chi connectivity index (χ3v) is 3.85. The van der Waals surface area contributed by atoms with Crippen LogP contribution in [0, 0.1) is 0 Å². The third-order valence-electron chi connectivity index (χ3n) is 2.52. The minimum absolute atomic E-state index is 0.175. The van der Waals surface area contributed by atoms with E-state index < -0.39 is 5.97 Å². The molecule has 0 aromatic heterocycles. The summed E-state index contributed by atoms with van der Waals surface area (Å²) in [5.41, 5.74) is 1.33. The van der Waals surface area contributed by atoms with Crippen LogP contribution in [0.5, 0.6) is 0 Å². The molecule has 92 valence electrons. The van der Waals surface area contributed by atoms with Crippen molar-refractivity contribution in [3.63, 3.8) is 0 Å². The largest absolute Gasteiger partial charge is 0.478 e. The number of aromatic carboxylic acids is 1. The first-order chi connectivity index (χ1) is 8.50. The average Bonchev–Trinajstić information content (AvgIpc) is 2.67. The Morgan fingerprint density at radius 1 is 1.33 bits per heavy atom. The molecule has 2 N–H and O–H groups in total. The molecule has 0 saturated carbocycles. The van der Waals surface area contributed by atoms with Gasteiger partial charge in [0.2, 0.25) is 0 Å². The second-order valence-corrected chi connectivity index (χ2v) is 5.34. The first-order valence-corrected chi connectivity index (χ1v) is 6.30. The molecule has 6 heteroatoms. The first kappa shape index (κ1) is 12.8. The molecule has 18 heavy (non-hydrogen) atoms. The number of allylic oxidation sites excluding steroid dienone is 1. The second kappa shape index (κ2) is 4.91. The van der Waals surface area contributed by atoms with Crippen molar-refractivity contribution in [3.8, 4) is 0 Å². The maximum atomic E-state index is 11.7. The highest BCUT2D eigenvalue weighted by Crippen LogP contribution is 2.32. The van der Waals surface area contributed by atoms with Crippen molar-refractivity contribution in [3.05, 3.63) is 40.3 Å². The molecule has 1 amide bonds. The van der Waals surface area contributed by atoms with Gasteiger partial charge < -0.3 is 10.4 Å². The van der Waals surface area contributed by atoms with Crippen LogP contribution < -0.4 is 5.32 Å². The fourth-order valence-corrected chi connectivity index (χ4v) is 2.76. The number of nitrogens with one attached hydrogen (secondary N) is 1. The molecule has 0 atom stereocenters. The number of thioether (sulfide) groups is 1. The lowest BCUT2D eigenvalue weighted by Crippen LogP contribution is -2.18. The van der Waals surface area contributed by atoms with E-state index in [2.05, 4.69) is 5.32 Å². The van der Waals surface area contributed by atoms with E-state index >= 15 is 0 Å². The molecule has 0 unspecified atom stereocenters. The van der Waals surface area contributed by atoms with Crippen molar-refractivity contribution < 1.29 is 14.7 Å². The van der Waals surface area contributed by atoms with Gasteiger partial charge in [0.1, 0.15) is 4.32 Å². The van der Waals surface area contributed by atoms with Crippen LogP contribution in [0.1, 0.15) is 22.8 Å². The number of amides is 1. The Balaban J connectivity index is 2.56. The van der Waals surface area contributed by atoms with E-state index in [0.29, 0.717) is 20.4 Å². The Hall–Kier alpha value is -1.66. The molecule has 1 aliphatic heterocycles. The van der Waals surface area contributed by atoms with Crippen LogP contribution in [-0.4, -0.2) is 21.3 Å². The van der Waals surface area contributed by atoms with Gasteiger partial charge in [0, 0.05) is 0 Å². The lowest BCUT2D eigenvalue weighted by molar-refractivity contribution is -0.115. The van der Waals surface area contributed by atoms with Crippen molar-refractivity contribution in [2.75, 3.05) is 0 Å². The number of carboxylic acids is 1. The SMILES string of the molecule is C/C(=C1/SC(=S)NC1=O)c1ccccc1C(=O)O. The van der Waals surface area contributed by atoms with Crippen molar-refractivity contribution in [1.29, 1.82) is 0 Å². The molecule has 0 spiro atoms. The first-order valence-electron chi connectivity index (χ1n) is 5.07. The smallest absolute Gasteiger partial charge is 0.336 e. The third kappa shape index (κ3) is 2.30. The fraction of sp³-hybridized carbons (Fsp3) is 0.0833. The Kier molecular flexibility index (Phi) is 3.49. The van der Waals surface area contributed by atoms with Crippen molar-refractivity contribution in [1.82, 2.24) is 5.32 Å². The topological polar surface area (TPSA) is 66.4 Å². The lowest BCUT2D eigenvalue weighted by atomic mass is 10.0. The maximum Gasteiger partial charge on any atom is 0.336 e. The number of carbonyl (C=O) groups excluding carboxylic acids is 1. The molecule has 1 aromatic carbocycles. The van der Waals surface area contributed by atoms with Gasteiger partial charge in [0.15, 0.2) is 0 Å². The molecule has 1 aromatic rings. The summed E-state index contributed by atoms with van der Waals surface area (Å²) in [5, 5.41) is 11.6. The summed E-state index contributed by atoms with van der Waals surface area (Å²) in [5.74, 6) is -1.29. The maximum absolute atomic E-state index is 11.7. The van der Waals surface area contributed by atoms with Gasteiger partial charge in [0.25, 0.3) is 5.91 Å². The van der Waals surface area contributed by atoms with Gasteiger partial charge in [-0.1, -0.05) is 42.2 Å². The molecular formula is C12H9NO3S2. The molecule has 2 rings (SSSR count). The minimum atomic E-state index is -1.02. The number of benzene rings is 1. The zero-order valence-corrected chi connectivity index (χ0v) is 11.0. The van der Waals surface area contributed by atoms with Crippen LogP contribution in [0.4, 0.5) is 0 Å². The summed E-state index contributed by atoms with van der Waals surface area (Å²) in [7, 11) is 0. The van der Waals surface area contributed by atoms with E-state index in [1.807, 2.05) is 0 Å². The monoisotopic (exact) mass is 279 g/mol. The predicted molar refractivity (Wildman–Crippen MR) is 74.3 cm³/mol. The van der Waals surface area contributed by atoms with E-state index in [9.17, 15) is 9.59 Å². The van der Waals surface area contributed by atoms with Crippen LogP contribution in [0.3, 0.4) is 0 Å². The Morgan fingerprint density at radius 2 is 1.94 bits per heavy atom. The van der Waals surface area contributed by atoms with Gasteiger partial charge in [-0.05, 0) is 24.1 Å². The van der Waals surface area contributed by atoms with Gasteiger partial charge >= 0.3 is 5.97 Å². The highest BCUT2D eigenvalue weighted by Gasteiger charge is 2.26. The lowest BCUT2D eigenvalue weighted by Gasteiger charge is -2.07. The second-order valence-electron chi connectivity index (χ2n) is 3.65. The zero-order chi connectivity index (χ0) is 13.3. The van der Waals surface area contributed by atoms with Crippen LogP contribution in [0.25, 0.3) is 5.57 Å². The number of carbonyl (C=O) groups is 2. The average molecular weight is 279 g/mol. The van der Waals surface area contributed by atoms with Crippen molar-refractivity contribution in [2.45, 2.75) is 6.92 Å². The van der Waals surface area contributed by atoms with E-state index in [-0.39, 0.29) is 11.5 Å². The number of hydrogen-bond acceptors (Lipinski definition) is 4. The van der Waals surface area contributed by atoms with Gasteiger partial charge in [-0.25, -0.2) is 4.79 Å². The quantitative estimate of drug-likeness (QED) is 0.642. The summed E-state index contributed by atoms with van der Waals surface area (Å²) in [6.07, 6.45) is 0. The zero-order valence-electron chi connectivity index (χ0n) is 9.39. The van der Waals surface area contributed by atoms with Gasteiger partial charge in [-0.2, -0.15) is 0 Å². The highest BCUT2D eigenvalue weighted by atomic mass is 32.2. The molecule has 1 aliphatic rings. The van der Waals surface area contributed by atoms with Gasteiger partial charge in [0.05, 0.1) is 10.5 Å². The minimum Gasteiger partial charge on any atom is -0.478 e. The molecule has 1 heterocycles. The summed E-state index contributed by atoms with van der Waals surface area (Å²) in [6.45, 7) is 1.72. The van der Waals surface area contributed by atoms with Crippen LogP contribution >= 0.6 is 24.0 Å². The molecule has 0 radical (unpaired) electrons. The number of rotatable bonds is 2. The molecule has 0 bridgehead atoms. The number of thiocarbonyl (C=S) groups is 1. The predicted octanol–water partition coefficient (Wildman–Crippen LogP) is 2.26. The van der Waals surface area contributed by atoms with Crippen molar-refractivity contribution in [2.24, 2.45) is 0 Å². The standard InChI is InChI=1S/C12H9NO3S2/c1-6(9-10(14)13-12(17)18-9)7-4-2-3-5-8(7)11(15)16/h2-5H,1H3,(H,15,16)(H,13,14,17)/b9-6-. The normalized spacial score (nSPS) is 17.6. The van der Waals surface area contributed by atoms with Gasteiger partial charge in [-0.15, -0.1) is 0 Å². The molecule has 0 aliphatic carbocycles. The van der Waals surface area contributed by atoms with E-state index in [1.165, 1.54) is 6.07 Å². The van der Waals surface area contributed by atoms with E-state index in [0.717, 1.165) is 11.8 Å². The summed E-state index contributed by atoms with van der Waals surface area (Å²) >= 11 is 6.06. The van der Waals surface area contributed by atoms with Crippen molar-refractivity contribution >= 4 is 45.7 Å². The van der Waals surface area contributed by atoms with E-state index in [4.69, 9.17) is 17.3 Å². The van der Waals surface area contributed by atoms with Crippen LogP contribution in [-0.2, 0) is 4.79 Å². The van der Waals surface area contributed by atoms with Crippen LogP contribution in [0.15, 0.2) is 29.2 Å². The van der Waals surface area contributed by atoms with E-state index in [1.54, 1.807) is 25.1 Å². The summed E-state index contributed by atoms with van der Waals surface area (Å²) in [4.78, 5) is 23.2. The molecular weight excluding hydrogens is 270 g/mol. The Labute approximate surface area is 113 Å². The molecule has 1 fully saturated rings. The Bertz CT molecular complexity index is 593. The molecule has 1 saturated heterocycles. The van der Waals surface area contributed by atoms with Crippen LogP contribution in [0.2, 0.25) is 0 Å². The number of carboxylic acid groups (broad SMARTS) is 1. The summed E-state index contributed by atoms with van der Waals surface area (Å²) in [6, 6.07) is 6.58. The van der Waals surface area contributed by atoms with Gasteiger partial charge in [-0.3, -0.25) is 4.79 Å². The highest BCUT2D eigenvalue weighted by molar-refractivity contribution is 8.26.